The Morgan fingerprint density at radius 3 is 2.95 bits per heavy atom. The fraction of sp³-hybridized carbons (Fsp3) is 0.583. The van der Waals surface area contributed by atoms with Crippen molar-refractivity contribution in [2.75, 3.05) is 11.1 Å². The summed E-state index contributed by atoms with van der Waals surface area (Å²) < 4.78 is 2.12. The molecule has 0 aliphatic heterocycles. The van der Waals surface area contributed by atoms with Crippen LogP contribution in [0.1, 0.15) is 43.0 Å². The quantitative estimate of drug-likeness (QED) is 0.777. The van der Waals surface area contributed by atoms with Gasteiger partial charge in [0.15, 0.2) is 0 Å². The van der Waals surface area contributed by atoms with Gasteiger partial charge in [0.1, 0.15) is 0 Å². The van der Waals surface area contributed by atoms with Gasteiger partial charge < -0.3 is 11.1 Å². The van der Waals surface area contributed by atoms with E-state index in [1.807, 2.05) is 6.92 Å². The van der Waals surface area contributed by atoms with E-state index in [9.17, 15) is 0 Å². The number of H-pyrrole nitrogens is 1. The van der Waals surface area contributed by atoms with Crippen molar-refractivity contribution < 1.29 is 0 Å². The molecule has 0 saturated heterocycles. The van der Waals surface area contributed by atoms with Crippen molar-refractivity contribution in [3.63, 3.8) is 0 Å². The smallest absolute Gasteiger partial charge is 0.243 e. The second-order valence-electron chi connectivity index (χ2n) is 5.06. The number of hydrogen-bond acceptors (Lipinski definition) is 5. The Hall–Kier alpha value is -2.05. The lowest BCUT2D eigenvalue weighted by Crippen LogP contribution is -2.05. The van der Waals surface area contributed by atoms with Gasteiger partial charge in [-0.15, -0.1) is 5.10 Å². The summed E-state index contributed by atoms with van der Waals surface area (Å²) in [6, 6.07) is 0.576. The minimum absolute atomic E-state index is 0.320. The number of nitrogens with one attached hydrogen (secondary N) is 2. The molecule has 102 valence electrons. The minimum Gasteiger partial charge on any atom is -0.368 e. The van der Waals surface area contributed by atoms with Gasteiger partial charge in [-0.2, -0.15) is 10.1 Å². The van der Waals surface area contributed by atoms with E-state index in [1.165, 1.54) is 31.2 Å². The van der Waals surface area contributed by atoms with E-state index in [1.54, 1.807) is 0 Å². The molecular weight excluding hydrogens is 242 g/mol. The first kappa shape index (κ1) is 12.0. The summed E-state index contributed by atoms with van der Waals surface area (Å²) in [6.45, 7) is 2.70. The lowest BCUT2D eigenvalue weighted by atomic mass is 10.2. The Morgan fingerprint density at radius 1 is 1.47 bits per heavy atom. The van der Waals surface area contributed by atoms with Crippen LogP contribution in [0.4, 0.5) is 11.9 Å². The molecule has 1 fully saturated rings. The molecule has 3 rings (SSSR count). The number of nitrogen functional groups attached to an aromatic ring is 1. The highest BCUT2D eigenvalue weighted by Crippen LogP contribution is 2.29. The van der Waals surface area contributed by atoms with Crippen LogP contribution in [0.3, 0.4) is 0 Å². The molecule has 4 N–H and O–H groups in total. The Balaban J connectivity index is 1.67. The van der Waals surface area contributed by atoms with Gasteiger partial charge in [-0.05, 0) is 19.8 Å². The maximum atomic E-state index is 5.48. The zero-order valence-corrected chi connectivity index (χ0v) is 11.1. The van der Waals surface area contributed by atoms with Gasteiger partial charge in [-0.25, -0.2) is 5.10 Å². The summed E-state index contributed by atoms with van der Waals surface area (Å²) in [6.07, 6.45) is 7.24. The van der Waals surface area contributed by atoms with Crippen LogP contribution in [0.25, 0.3) is 0 Å². The number of hydrogen-bond donors (Lipinski definition) is 3. The van der Waals surface area contributed by atoms with E-state index in [4.69, 9.17) is 5.73 Å². The highest BCUT2D eigenvalue weighted by molar-refractivity contribution is 5.31. The first-order valence-corrected chi connectivity index (χ1v) is 6.69. The van der Waals surface area contributed by atoms with Crippen molar-refractivity contribution in [3.8, 4) is 0 Å². The van der Waals surface area contributed by atoms with Crippen molar-refractivity contribution in [2.24, 2.45) is 0 Å². The molecule has 0 atom stereocenters. The summed E-state index contributed by atoms with van der Waals surface area (Å²) in [5.74, 6) is 0.839. The molecule has 2 aromatic rings. The molecule has 7 heteroatoms. The number of nitrogens with two attached hydrogens (primary N) is 1. The van der Waals surface area contributed by atoms with E-state index >= 15 is 0 Å². The van der Waals surface area contributed by atoms with E-state index in [2.05, 4.69) is 36.5 Å². The number of anilines is 2. The van der Waals surface area contributed by atoms with Crippen LogP contribution >= 0.6 is 0 Å². The summed E-state index contributed by atoms with van der Waals surface area (Å²) in [5, 5.41) is 14.3. The van der Waals surface area contributed by atoms with Crippen LogP contribution in [0, 0.1) is 6.92 Å². The molecule has 19 heavy (non-hydrogen) atoms. The average molecular weight is 261 g/mol. The predicted octanol–water partition coefficient (Wildman–Crippen LogP) is 1.62. The van der Waals surface area contributed by atoms with E-state index in [-0.39, 0.29) is 0 Å². The molecule has 1 saturated carbocycles. The molecule has 0 radical (unpaired) electrons. The Morgan fingerprint density at radius 2 is 2.26 bits per heavy atom. The first-order chi connectivity index (χ1) is 9.22. The second-order valence-corrected chi connectivity index (χ2v) is 5.06. The van der Waals surface area contributed by atoms with Crippen LogP contribution in [-0.2, 0) is 6.54 Å². The van der Waals surface area contributed by atoms with Crippen molar-refractivity contribution in [1.82, 2.24) is 25.0 Å². The van der Waals surface area contributed by atoms with Crippen LogP contribution in [-0.4, -0.2) is 25.0 Å². The monoisotopic (exact) mass is 261 g/mol. The highest BCUT2D eigenvalue weighted by Gasteiger charge is 2.18. The van der Waals surface area contributed by atoms with Gasteiger partial charge in [0.05, 0.1) is 11.7 Å². The maximum Gasteiger partial charge on any atom is 0.243 e. The number of aromatic nitrogens is 5. The van der Waals surface area contributed by atoms with Gasteiger partial charge in [0.2, 0.25) is 11.9 Å². The fourth-order valence-electron chi connectivity index (χ4n) is 2.58. The topological polar surface area (TPSA) is 97.4 Å². The molecule has 0 bridgehead atoms. The number of aromatic amines is 1. The molecular formula is C12H19N7. The third-order valence-electron chi connectivity index (χ3n) is 3.66. The van der Waals surface area contributed by atoms with Gasteiger partial charge in [-0.3, -0.25) is 4.68 Å². The van der Waals surface area contributed by atoms with Gasteiger partial charge >= 0.3 is 0 Å². The lowest BCUT2D eigenvalue weighted by Gasteiger charge is -2.08. The Bertz CT molecular complexity index is 550. The van der Waals surface area contributed by atoms with E-state index in [0.29, 0.717) is 24.5 Å². The molecule has 0 amide bonds. The van der Waals surface area contributed by atoms with E-state index < -0.39 is 0 Å². The third kappa shape index (κ3) is 2.54. The largest absolute Gasteiger partial charge is 0.368 e. The summed E-state index contributed by atoms with van der Waals surface area (Å²) in [4.78, 5) is 4.01. The Kier molecular flexibility index (Phi) is 3.10. The molecule has 0 aromatic carbocycles. The van der Waals surface area contributed by atoms with Crippen molar-refractivity contribution in [1.29, 1.82) is 0 Å². The van der Waals surface area contributed by atoms with Crippen molar-refractivity contribution >= 4 is 11.9 Å². The average Bonchev–Trinajstić information content (AvgIpc) is 3.07. The first-order valence-electron chi connectivity index (χ1n) is 6.69. The zero-order chi connectivity index (χ0) is 13.2. The SMILES string of the molecule is Cc1nn(C2CCCC2)cc1CNc1n[nH]c(N)n1. The van der Waals surface area contributed by atoms with Gasteiger partial charge in [0, 0.05) is 18.3 Å². The highest BCUT2D eigenvalue weighted by atomic mass is 15.3. The molecule has 1 aliphatic rings. The summed E-state index contributed by atoms with van der Waals surface area (Å²) in [7, 11) is 0. The zero-order valence-electron chi connectivity index (χ0n) is 11.1. The third-order valence-corrected chi connectivity index (χ3v) is 3.66. The van der Waals surface area contributed by atoms with Crippen molar-refractivity contribution in [2.45, 2.75) is 45.2 Å². The number of aryl methyl sites for hydroxylation is 1. The van der Waals surface area contributed by atoms with Crippen molar-refractivity contribution in [3.05, 3.63) is 17.5 Å². The summed E-state index contributed by atoms with van der Waals surface area (Å²) >= 11 is 0. The van der Waals surface area contributed by atoms with E-state index in [0.717, 1.165) is 5.69 Å². The fourth-order valence-corrected chi connectivity index (χ4v) is 2.58. The number of rotatable bonds is 4. The predicted molar refractivity (Wildman–Crippen MR) is 72.6 cm³/mol. The molecule has 0 unspecified atom stereocenters. The summed E-state index contributed by atoms with van der Waals surface area (Å²) in [5.41, 5.74) is 7.71. The molecule has 2 aromatic heterocycles. The second kappa shape index (κ2) is 4.91. The molecule has 0 spiro atoms. The number of nitrogens with zero attached hydrogens (tertiary/aromatic N) is 4. The molecule has 2 heterocycles. The minimum atomic E-state index is 0.320. The van der Waals surface area contributed by atoms with Crippen LogP contribution in [0.2, 0.25) is 0 Å². The molecule has 7 nitrogen and oxygen atoms in total. The van der Waals surface area contributed by atoms with Crippen LogP contribution in [0.15, 0.2) is 6.20 Å². The maximum absolute atomic E-state index is 5.48. The van der Waals surface area contributed by atoms with Crippen LogP contribution < -0.4 is 11.1 Å². The standard InChI is InChI=1S/C12H19N7/c1-8-9(6-14-12-15-11(13)16-17-12)7-19(18-8)10-4-2-3-5-10/h7,10H,2-6H2,1H3,(H4,13,14,15,16,17). The van der Waals surface area contributed by atoms with Gasteiger partial charge in [0.25, 0.3) is 0 Å². The molecule has 1 aliphatic carbocycles. The van der Waals surface area contributed by atoms with Crippen LogP contribution in [0.5, 0.6) is 0 Å². The Labute approximate surface area is 111 Å². The normalized spacial score (nSPS) is 16.1. The lowest BCUT2D eigenvalue weighted by molar-refractivity contribution is 0.464. The van der Waals surface area contributed by atoms with Gasteiger partial charge in [-0.1, -0.05) is 12.8 Å².